The fourth-order valence-corrected chi connectivity index (χ4v) is 3.48. The molecule has 0 saturated carbocycles. The summed E-state index contributed by atoms with van der Waals surface area (Å²) in [4.78, 5) is 0.337. The molecule has 0 fully saturated rings. The molecule has 0 amide bonds. The van der Waals surface area contributed by atoms with Crippen LogP contribution in [0.5, 0.6) is 0 Å². The minimum absolute atomic E-state index is 0.337. The van der Waals surface area contributed by atoms with Crippen LogP contribution in [-0.2, 0) is 16.6 Å². The predicted octanol–water partition coefficient (Wildman–Crippen LogP) is 1.40. The van der Waals surface area contributed by atoms with Crippen molar-refractivity contribution in [3.05, 3.63) is 28.8 Å². The molecule has 0 radical (unpaired) electrons. The van der Waals surface area contributed by atoms with Gasteiger partial charge in [-0.25, -0.2) is 13.1 Å². The van der Waals surface area contributed by atoms with Crippen molar-refractivity contribution < 1.29 is 8.42 Å². The zero-order chi connectivity index (χ0) is 13.8. The maximum Gasteiger partial charge on any atom is 0.240 e. The molecule has 0 aromatic heterocycles. The SMILES string of the molecule is CSCCNS(=O)(=O)c1cc(CN)cc(C)c1C. The highest BCUT2D eigenvalue weighted by Gasteiger charge is 2.18. The van der Waals surface area contributed by atoms with Gasteiger partial charge in [0.1, 0.15) is 0 Å². The molecule has 0 bridgehead atoms. The van der Waals surface area contributed by atoms with Gasteiger partial charge in [-0.3, -0.25) is 0 Å². The van der Waals surface area contributed by atoms with Crippen molar-refractivity contribution in [2.45, 2.75) is 25.3 Å². The van der Waals surface area contributed by atoms with E-state index in [9.17, 15) is 8.42 Å². The number of nitrogens with one attached hydrogen (secondary N) is 1. The molecule has 1 aromatic rings. The predicted molar refractivity (Wildman–Crippen MR) is 77.4 cm³/mol. The van der Waals surface area contributed by atoms with E-state index < -0.39 is 10.0 Å². The fraction of sp³-hybridized carbons (Fsp3) is 0.500. The van der Waals surface area contributed by atoms with Crippen LogP contribution in [0.2, 0.25) is 0 Å². The van der Waals surface area contributed by atoms with E-state index >= 15 is 0 Å². The Balaban J connectivity index is 3.11. The number of sulfonamides is 1. The Kier molecular flexibility index (Phi) is 5.65. The van der Waals surface area contributed by atoms with Crippen molar-refractivity contribution in [3.8, 4) is 0 Å². The Hall–Kier alpha value is -0.560. The molecule has 4 nitrogen and oxygen atoms in total. The highest BCUT2D eigenvalue weighted by atomic mass is 32.2. The van der Waals surface area contributed by atoms with Crippen molar-refractivity contribution in [2.24, 2.45) is 5.73 Å². The molecule has 1 aromatic carbocycles. The molecule has 102 valence electrons. The summed E-state index contributed by atoms with van der Waals surface area (Å²) in [6.45, 7) is 4.50. The molecular formula is C12H20N2O2S2. The number of benzene rings is 1. The number of hydrogen-bond acceptors (Lipinski definition) is 4. The Morgan fingerprint density at radius 1 is 1.33 bits per heavy atom. The molecule has 0 heterocycles. The summed E-state index contributed by atoms with van der Waals surface area (Å²) in [6, 6.07) is 3.58. The average Bonchev–Trinajstić information content (AvgIpc) is 2.32. The van der Waals surface area contributed by atoms with Crippen molar-refractivity contribution in [2.75, 3.05) is 18.6 Å². The lowest BCUT2D eigenvalue weighted by atomic mass is 10.1. The Morgan fingerprint density at radius 3 is 2.56 bits per heavy atom. The molecule has 3 N–H and O–H groups in total. The standard InChI is InChI=1S/C12H20N2O2S2/c1-9-6-11(8-13)7-12(10(9)2)18(15,16)14-4-5-17-3/h6-7,14H,4-5,8,13H2,1-3H3. The van der Waals surface area contributed by atoms with Gasteiger partial charge in [-0.05, 0) is 42.9 Å². The van der Waals surface area contributed by atoms with Gasteiger partial charge in [0.15, 0.2) is 0 Å². The zero-order valence-electron chi connectivity index (χ0n) is 11.0. The third kappa shape index (κ3) is 3.71. The number of aryl methyl sites for hydroxylation is 1. The molecule has 0 unspecified atom stereocenters. The monoisotopic (exact) mass is 288 g/mol. The van der Waals surface area contributed by atoms with Crippen LogP contribution in [0.25, 0.3) is 0 Å². The van der Waals surface area contributed by atoms with Gasteiger partial charge >= 0.3 is 0 Å². The maximum absolute atomic E-state index is 12.2. The van der Waals surface area contributed by atoms with Crippen molar-refractivity contribution in [3.63, 3.8) is 0 Å². The van der Waals surface area contributed by atoms with Crippen LogP contribution in [0.15, 0.2) is 17.0 Å². The normalized spacial score (nSPS) is 11.8. The highest BCUT2D eigenvalue weighted by molar-refractivity contribution is 7.98. The molecule has 0 aliphatic rings. The van der Waals surface area contributed by atoms with Crippen LogP contribution < -0.4 is 10.5 Å². The van der Waals surface area contributed by atoms with E-state index in [4.69, 9.17) is 5.73 Å². The largest absolute Gasteiger partial charge is 0.326 e. The lowest BCUT2D eigenvalue weighted by Gasteiger charge is -2.12. The molecule has 0 aliphatic carbocycles. The van der Waals surface area contributed by atoms with Crippen LogP contribution in [0.4, 0.5) is 0 Å². The van der Waals surface area contributed by atoms with Crippen LogP contribution in [0.1, 0.15) is 16.7 Å². The zero-order valence-corrected chi connectivity index (χ0v) is 12.6. The quantitative estimate of drug-likeness (QED) is 0.776. The van der Waals surface area contributed by atoms with Gasteiger partial charge in [0, 0.05) is 18.8 Å². The summed E-state index contributed by atoms with van der Waals surface area (Å²) in [5.74, 6) is 0.758. The van der Waals surface area contributed by atoms with E-state index in [-0.39, 0.29) is 0 Å². The number of nitrogens with two attached hydrogens (primary N) is 1. The molecule has 0 aliphatic heterocycles. The van der Waals surface area contributed by atoms with Gasteiger partial charge in [-0.15, -0.1) is 0 Å². The summed E-state index contributed by atoms with van der Waals surface area (Å²) in [5, 5.41) is 0. The lowest BCUT2D eigenvalue weighted by molar-refractivity contribution is 0.583. The summed E-state index contributed by atoms with van der Waals surface area (Å²) in [5.41, 5.74) is 8.15. The van der Waals surface area contributed by atoms with Crippen molar-refractivity contribution in [1.29, 1.82) is 0 Å². The third-order valence-corrected chi connectivity index (χ3v) is 5.00. The third-order valence-electron chi connectivity index (χ3n) is 2.80. The molecular weight excluding hydrogens is 268 g/mol. The molecule has 0 saturated heterocycles. The van der Waals surface area contributed by atoms with Crippen LogP contribution in [0, 0.1) is 13.8 Å². The Morgan fingerprint density at radius 2 is 2.00 bits per heavy atom. The van der Waals surface area contributed by atoms with Gasteiger partial charge in [-0.1, -0.05) is 6.07 Å². The summed E-state index contributed by atoms with van der Waals surface area (Å²) in [7, 11) is -3.44. The van der Waals surface area contributed by atoms with E-state index in [1.165, 1.54) is 0 Å². The van der Waals surface area contributed by atoms with Crippen LogP contribution >= 0.6 is 11.8 Å². The summed E-state index contributed by atoms with van der Waals surface area (Å²) in [6.07, 6.45) is 1.94. The van der Waals surface area contributed by atoms with Gasteiger partial charge in [0.2, 0.25) is 10.0 Å². The maximum atomic E-state index is 12.2. The summed E-state index contributed by atoms with van der Waals surface area (Å²) < 4.78 is 27.0. The average molecular weight is 288 g/mol. The van der Waals surface area contributed by atoms with Crippen LogP contribution in [0.3, 0.4) is 0 Å². The smallest absolute Gasteiger partial charge is 0.240 e. The number of hydrogen-bond donors (Lipinski definition) is 2. The van der Waals surface area contributed by atoms with E-state index in [1.807, 2.05) is 26.2 Å². The first-order chi connectivity index (χ1) is 8.42. The molecule has 6 heteroatoms. The first kappa shape index (κ1) is 15.5. The minimum atomic E-state index is -3.44. The second-order valence-corrected chi connectivity index (χ2v) is 6.85. The molecule has 18 heavy (non-hydrogen) atoms. The highest BCUT2D eigenvalue weighted by Crippen LogP contribution is 2.20. The van der Waals surface area contributed by atoms with Crippen molar-refractivity contribution >= 4 is 21.8 Å². The van der Waals surface area contributed by atoms with E-state index in [2.05, 4.69) is 4.72 Å². The second-order valence-electron chi connectivity index (χ2n) is 4.13. The first-order valence-electron chi connectivity index (χ1n) is 5.71. The molecule has 1 rings (SSSR count). The van der Waals surface area contributed by atoms with Gasteiger partial charge in [-0.2, -0.15) is 11.8 Å². The van der Waals surface area contributed by atoms with E-state index in [0.717, 1.165) is 22.4 Å². The van der Waals surface area contributed by atoms with Gasteiger partial charge < -0.3 is 5.73 Å². The number of rotatable bonds is 6. The first-order valence-corrected chi connectivity index (χ1v) is 8.59. The Bertz CT molecular complexity index is 513. The second kappa shape index (κ2) is 6.56. The fourth-order valence-electron chi connectivity index (χ4n) is 1.65. The molecule has 0 spiro atoms. The van der Waals surface area contributed by atoms with Crippen LogP contribution in [-0.4, -0.2) is 27.0 Å². The van der Waals surface area contributed by atoms with E-state index in [1.54, 1.807) is 17.8 Å². The van der Waals surface area contributed by atoms with Gasteiger partial charge in [0.25, 0.3) is 0 Å². The summed E-state index contributed by atoms with van der Waals surface area (Å²) >= 11 is 1.61. The minimum Gasteiger partial charge on any atom is -0.326 e. The number of thioether (sulfide) groups is 1. The van der Waals surface area contributed by atoms with Gasteiger partial charge in [0.05, 0.1) is 4.90 Å². The van der Waals surface area contributed by atoms with E-state index in [0.29, 0.717) is 18.0 Å². The lowest BCUT2D eigenvalue weighted by Crippen LogP contribution is -2.27. The Labute approximate surface area is 113 Å². The molecule has 0 atom stereocenters. The topological polar surface area (TPSA) is 72.2 Å². The van der Waals surface area contributed by atoms with Crippen molar-refractivity contribution in [1.82, 2.24) is 4.72 Å².